The zero-order valence-corrected chi connectivity index (χ0v) is 13.3. The van der Waals surface area contributed by atoms with Crippen molar-refractivity contribution in [3.8, 4) is 0 Å². The van der Waals surface area contributed by atoms with Crippen molar-refractivity contribution in [2.24, 2.45) is 5.92 Å². The molecule has 2 aromatic rings. The van der Waals surface area contributed by atoms with Crippen LogP contribution in [0.4, 0.5) is 11.4 Å². The van der Waals surface area contributed by atoms with Gasteiger partial charge in [-0.25, -0.2) is 0 Å². The monoisotopic (exact) mass is 291 g/mol. The molecule has 114 valence electrons. The van der Waals surface area contributed by atoms with E-state index in [1.54, 1.807) is 0 Å². The summed E-state index contributed by atoms with van der Waals surface area (Å²) in [6, 6.07) is 18.0. The summed E-state index contributed by atoms with van der Waals surface area (Å²) in [7, 11) is 0. The summed E-state index contributed by atoms with van der Waals surface area (Å²) in [5.74, 6) is 0.855. The fourth-order valence-electron chi connectivity index (χ4n) is 4.19. The Bertz CT molecular complexity index is 592. The van der Waals surface area contributed by atoms with Crippen LogP contribution in [0, 0.1) is 5.92 Å². The van der Waals surface area contributed by atoms with Crippen molar-refractivity contribution in [2.75, 3.05) is 11.4 Å². The highest BCUT2D eigenvalue weighted by Gasteiger charge is 2.23. The lowest BCUT2D eigenvalue weighted by Gasteiger charge is -2.32. The fraction of sp³-hybridized carbons (Fsp3) is 0.429. The van der Waals surface area contributed by atoms with Crippen LogP contribution in [0.2, 0.25) is 0 Å². The molecule has 1 saturated carbocycles. The Morgan fingerprint density at radius 3 is 1.86 bits per heavy atom. The minimum absolute atomic E-state index is 0.855. The molecule has 0 unspecified atom stereocenters. The first-order chi connectivity index (χ1) is 10.9. The standard InChI is InChI=1S/C21H25N/c1-2-8-17(9-3-1)16-22-20-12-6-4-10-18(20)14-15-19-11-5-7-13-21(19)22/h4-7,10-13,17H,1-3,8-9,14-16H2. The third-order valence-corrected chi connectivity index (χ3v) is 5.39. The number of hydrogen-bond acceptors (Lipinski definition) is 1. The minimum Gasteiger partial charge on any atom is -0.341 e. The Hall–Kier alpha value is -1.76. The molecule has 2 aliphatic rings. The second-order valence-corrected chi connectivity index (χ2v) is 6.87. The molecule has 1 fully saturated rings. The Balaban J connectivity index is 1.73. The maximum absolute atomic E-state index is 2.62. The summed E-state index contributed by atoms with van der Waals surface area (Å²) in [4.78, 5) is 2.62. The van der Waals surface area contributed by atoms with Gasteiger partial charge in [-0.3, -0.25) is 0 Å². The number of fused-ring (bicyclic) bond motifs is 2. The Morgan fingerprint density at radius 1 is 0.727 bits per heavy atom. The van der Waals surface area contributed by atoms with Crippen LogP contribution in [-0.2, 0) is 12.8 Å². The highest BCUT2D eigenvalue weighted by atomic mass is 15.1. The summed E-state index contributed by atoms with van der Waals surface area (Å²) in [5.41, 5.74) is 5.90. The molecule has 0 aromatic heterocycles. The van der Waals surface area contributed by atoms with Crippen LogP contribution in [0.5, 0.6) is 0 Å². The van der Waals surface area contributed by atoms with Gasteiger partial charge in [-0.1, -0.05) is 55.7 Å². The van der Waals surface area contributed by atoms with Crippen molar-refractivity contribution in [1.29, 1.82) is 0 Å². The first-order valence-corrected chi connectivity index (χ1v) is 8.85. The maximum Gasteiger partial charge on any atom is 0.0443 e. The molecule has 1 aliphatic heterocycles. The van der Waals surface area contributed by atoms with Crippen LogP contribution in [0.25, 0.3) is 0 Å². The van der Waals surface area contributed by atoms with Gasteiger partial charge in [0.1, 0.15) is 0 Å². The van der Waals surface area contributed by atoms with Crippen molar-refractivity contribution < 1.29 is 0 Å². The average Bonchev–Trinajstić information content (AvgIpc) is 2.74. The summed E-state index contributed by atoms with van der Waals surface area (Å²) in [6.45, 7) is 1.19. The van der Waals surface area contributed by atoms with Crippen molar-refractivity contribution in [3.63, 3.8) is 0 Å². The van der Waals surface area contributed by atoms with Crippen LogP contribution in [0.1, 0.15) is 43.2 Å². The summed E-state index contributed by atoms with van der Waals surface area (Å²) < 4.78 is 0. The molecule has 0 radical (unpaired) electrons. The molecular formula is C21H25N. The molecule has 1 nitrogen and oxygen atoms in total. The summed E-state index contributed by atoms with van der Waals surface area (Å²) >= 11 is 0. The number of aryl methyl sites for hydroxylation is 2. The van der Waals surface area contributed by atoms with Crippen molar-refractivity contribution in [2.45, 2.75) is 44.9 Å². The van der Waals surface area contributed by atoms with Crippen LogP contribution < -0.4 is 4.90 Å². The van der Waals surface area contributed by atoms with E-state index in [0.717, 1.165) is 18.8 Å². The minimum atomic E-state index is 0.855. The SMILES string of the molecule is c1ccc2c(c1)CCc1ccccc1N2CC1CCCCC1. The lowest BCUT2D eigenvalue weighted by molar-refractivity contribution is 0.365. The van der Waals surface area contributed by atoms with Crippen LogP contribution in [-0.4, -0.2) is 6.54 Å². The van der Waals surface area contributed by atoms with E-state index in [1.165, 1.54) is 61.2 Å². The van der Waals surface area contributed by atoms with Gasteiger partial charge in [0.15, 0.2) is 0 Å². The van der Waals surface area contributed by atoms with E-state index in [9.17, 15) is 0 Å². The third-order valence-electron chi connectivity index (χ3n) is 5.39. The molecule has 1 aliphatic carbocycles. The molecule has 0 bridgehead atoms. The molecule has 0 amide bonds. The van der Waals surface area contributed by atoms with Gasteiger partial charge >= 0.3 is 0 Å². The van der Waals surface area contributed by atoms with Gasteiger partial charge in [-0.05, 0) is 54.9 Å². The van der Waals surface area contributed by atoms with Gasteiger partial charge in [0.25, 0.3) is 0 Å². The smallest absolute Gasteiger partial charge is 0.0443 e. The molecule has 0 atom stereocenters. The lowest BCUT2D eigenvalue weighted by atomic mass is 9.88. The topological polar surface area (TPSA) is 3.24 Å². The van der Waals surface area contributed by atoms with Gasteiger partial charge in [-0.15, -0.1) is 0 Å². The van der Waals surface area contributed by atoms with E-state index < -0.39 is 0 Å². The maximum atomic E-state index is 2.62. The number of anilines is 2. The highest BCUT2D eigenvalue weighted by Crippen LogP contribution is 2.38. The number of nitrogens with zero attached hydrogens (tertiary/aromatic N) is 1. The third kappa shape index (κ3) is 2.65. The van der Waals surface area contributed by atoms with Crippen LogP contribution >= 0.6 is 0 Å². The lowest BCUT2D eigenvalue weighted by Crippen LogP contribution is -2.27. The van der Waals surface area contributed by atoms with Gasteiger partial charge in [-0.2, -0.15) is 0 Å². The largest absolute Gasteiger partial charge is 0.341 e. The van der Waals surface area contributed by atoms with Gasteiger partial charge in [0, 0.05) is 17.9 Å². The molecule has 0 N–H and O–H groups in total. The van der Waals surface area contributed by atoms with Gasteiger partial charge < -0.3 is 4.90 Å². The molecule has 4 rings (SSSR count). The van der Waals surface area contributed by atoms with E-state index in [4.69, 9.17) is 0 Å². The number of rotatable bonds is 2. The molecule has 1 heteroatoms. The van der Waals surface area contributed by atoms with Crippen LogP contribution in [0.3, 0.4) is 0 Å². The average molecular weight is 291 g/mol. The van der Waals surface area contributed by atoms with Crippen molar-refractivity contribution in [1.82, 2.24) is 0 Å². The van der Waals surface area contributed by atoms with Crippen LogP contribution in [0.15, 0.2) is 48.5 Å². The normalized spacial score (nSPS) is 18.5. The zero-order chi connectivity index (χ0) is 14.8. The van der Waals surface area contributed by atoms with Crippen molar-refractivity contribution >= 4 is 11.4 Å². The van der Waals surface area contributed by atoms with E-state index in [1.807, 2.05) is 0 Å². The van der Waals surface area contributed by atoms with Gasteiger partial charge in [0.2, 0.25) is 0 Å². The molecule has 2 aromatic carbocycles. The zero-order valence-electron chi connectivity index (χ0n) is 13.3. The van der Waals surface area contributed by atoms with Gasteiger partial charge in [0.05, 0.1) is 0 Å². The number of benzene rings is 2. The first-order valence-electron chi connectivity index (χ1n) is 8.85. The summed E-state index contributed by atoms with van der Waals surface area (Å²) in [6.07, 6.45) is 9.40. The molecule has 1 heterocycles. The fourth-order valence-corrected chi connectivity index (χ4v) is 4.19. The second kappa shape index (κ2) is 6.16. The molecule has 22 heavy (non-hydrogen) atoms. The number of para-hydroxylation sites is 2. The van der Waals surface area contributed by atoms with E-state index in [2.05, 4.69) is 53.4 Å². The second-order valence-electron chi connectivity index (χ2n) is 6.87. The predicted octanol–water partition coefficient (Wildman–Crippen LogP) is 5.50. The quantitative estimate of drug-likeness (QED) is 0.706. The Kier molecular flexibility index (Phi) is 3.88. The Morgan fingerprint density at radius 2 is 1.27 bits per heavy atom. The Labute approximate surface area is 134 Å². The van der Waals surface area contributed by atoms with Crippen molar-refractivity contribution in [3.05, 3.63) is 59.7 Å². The number of hydrogen-bond donors (Lipinski definition) is 0. The van der Waals surface area contributed by atoms with E-state index >= 15 is 0 Å². The highest BCUT2D eigenvalue weighted by molar-refractivity contribution is 5.71. The van der Waals surface area contributed by atoms with E-state index in [0.29, 0.717) is 0 Å². The first kappa shape index (κ1) is 13.9. The predicted molar refractivity (Wildman–Crippen MR) is 93.9 cm³/mol. The molecular weight excluding hydrogens is 266 g/mol. The molecule has 0 spiro atoms. The van der Waals surface area contributed by atoms with E-state index in [-0.39, 0.29) is 0 Å². The molecule has 0 saturated heterocycles. The summed E-state index contributed by atoms with van der Waals surface area (Å²) in [5, 5.41) is 0.